The molecule has 0 heterocycles. The zero-order valence-electron chi connectivity index (χ0n) is 13.7. The van der Waals surface area contributed by atoms with E-state index in [4.69, 9.17) is 0 Å². The molecule has 5 nitrogen and oxygen atoms in total. The van der Waals surface area contributed by atoms with Crippen LogP contribution in [-0.2, 0) is 4.79 Å². The third kappa shape index (κ3) is 3.45. The number of benzene rings is 1. The predicted octanol–water partition coefficient (Wildman–Crippen LogP) is 2.48. The Balaban J connectivity index is 2.11. The number of hydrogen-bond acceptors (Lipinski definition) is 3. The lowest BCUT2D eigenvalue weighted by atomic mass is 9.75. The van der Waals surface area contributed by atoms with Gasteiger partial charge in [-0.05, 0) is 48.6 Å². The van der Waals surface area contributed by atoms with Gasteiger partial charge in [0, 0.05) is 11.3 Å². The average Bonchev–Trinajstić information content (AvgIpc) is 2.82. The molecule has 1 fully saturated rings. The standard InChI is InChI=1S/C18H24N2O3/c1-4-15(22)19-14-8-6-13(7-9-14)16(23)20-18(12-21)11-5-10-17(18,2)3/h4,6-9,21H,1,5,10-12H2,2-3H3,(H,19,22)(H,20,23). The van der Waals surface area contributed by atoms with E-state index in [-0.39, 0.29) is 23.8 Å². The summed E-state index contributed by atoms with van der Waals surface area (Å²) in [4.78, 5) is 23.8. The lowest BCUT2D eigenvalue weighted by Crippen LogP contribution is -2.57. The van der Waals surface area contributed by atoms with E-state index >= 15 is 0 Å². The Morgan fingerprint density at radius 1 is 1.26 bits per heavy atom. The summed E-state index contributed by atoms with van der Waals surface area (Å²) in [6, 6.07) is 6.64. The second-order valence-electron chi connectivity index (χ2n) is 6.70. The molecule has 1 atom stereocenters. The summed E-state index contributed by atoms with van der Waals surface area (Å²) in [6.07, 6.45) is 3.92. The second kappa shape index (κ2) is 6.54. The molecule has 5 heteroatoms. The first-order valence-corrected chi connectivity index (χ1v) is 7.80. The van der Waals surface area contributed by atoms with Crippen molar-refractivity contribution in [1.82, 2.24) is 5.32 Å². The molecule has 1 aromatic carbocycles. The van der Waals surface area contributed by atoms with Gasteiger partial charge in [0.25, 0.3) is 5.91 Å². The molecule has 23 heavy (non-hydrogen) atoms. The number of amides is 2. The quantitative estimate of drug-likeness (QED) is 0.730. The summed E-state index contributed by atoms with van der Waals surface area (Å²) < 4.78 is 0. The van der Waals surface area contributed by atoms with Crippen molar-refractivity contribution >= 4 is 17.5 Å². The maximum Gasteiger partial charge on any atom is 0.251 e. The van der Waals surface area contributed by atoms with E-state index in [1.54, 1.807) is 24.3 Å². The third-order valence-corrected chi connectivity index (χ3v) is 4.92. The molecule has 1 aliphatic rings. The molecule has 1 aromatic rings. The van der Waals surface area contributed by atoms with Gasteiger partial charge >= 0.3 is 0 Å². The Bertz CT molecular complexity index is 607. The maximum atomic E-state index is 12.5. The highest BCUT2D eigenvalue weighted by molar-refractivity contribution is 5.99. The highest BCUT2D eigenvalue weighted by Crippen LogP contribution is 2.45. The van der Waals surface area contributed by atoms with Gasteiger partial charge in [0.15, 0.2) is 0 Å². The molecule has 1 saturated carbocycles. The van der Waals surface area contributed by atoms with Crippen LogP contribution in [0.15, 0.2) is 36.9 Å². The normalized spacial score (nSPS) is 22.4. The van der Waals surface area contributed by atoms with Gasteiger partial charge in [-0.1, -0.05) is 26.8 Å². The van der Waals surface area contributed by atoms with E-state index in [1.807, 2.05) is 0 Å². The summed E-state index contributed by atoms with van der Waals surface area (Å²) in [7, 11) is 0. The van der Waals surface area contributed by atoms with E-state index in [0.717, 1.165) is 19.3 Å². The molecule has 0 aliphatic heterocycles. The van der Waals surface area contributed by atoms with Gasteiger partial charge in [-0.2, -0.15) is 0 Å². The van der Waals surface area contributed by atoms with Crippen molar-refractivity contribution in [1.29, 1.82) is 0 Å². The van der Waals surface area contributed by atoms with Crippen LogP contribution < -0.4 is 10.6 Å². The van der Waals surface area contributed by atoms with Crippen molar-refractivity contribution in [2.45, 2.75) is 38.6 Å². The van der Waals surface area contributed by atoms with Crippen LogP contribution in [0, 0.1) is 5.41 Å². The van der Waals surface area contributed by atoms with Crippen LogP contribution in [0.3, 0.4) is 0 Å². The van der Waals surface area contributed by atoms with Gasteiger partial charge < -0.3 is 15.7 Å². The van der Waals surface area contributed by atoms with Gasteiger partial charge in [0.1, 0.15) is 0 Å². The van der Waals surface area contributed by atoms with Crippen LogP contribution in [0.25, 0.3) is 0 Å². The van der Waals surface area contributed by atoms with E-state index in [9.17, 15) is 14.7 Å². The molecule has 2 rings (SSSR count). The van der Waals surface area contributed by atoms with Crippen molar-refractivity contribution in [2.24, 2.45) is 5.41 Å². The van der Waals surface area contributed by atoms with Crippen LogP contribution >= 0.6 is 0 Å². The monoisotopic (exact) mass is 316 g/mol. The fourth-order valence-corrected chi connectivity index (χ4v) is 3.16. The molecule has 1 unspecified atom stereocenters. The molecule has 0 bridgehead atoms. The topological polar surface area (TPSA) is 78.4 Å². The maximum absolute atomic E-state index is 12.5. The van der Waals surface area contributed by atoms with Crippen molar-refractivity contribution in [3.05, 3.63) is 42.5 Å². The molecule has 0 aromatic heterocycles. The first-order chi connectivity index (χ1) is 10.8. The number of anilines is 1. The lowest BCUT2D eigenvalue weighted by molar-refractivity contribution is -0.111. The van der Waals surface area contributed by atoms with Crippen LogP contribution in [-0.4, -0.2) is 29.1 Å². The summed E-state index contributed by atoms with van der Waals surface area (Å²) in [5.41, 5.74) is 0.372. The summed E-state index contributed by atoms with van der Waals surface area (Å²) in [6.45, 7) is 7.47. The van der Waals surface area contributed by atoms with E-state index < -0.39 is 5.54 Å². The van der Waals surface area contributed by atoms with Crippen molar-refractivity contribution in [2.75, 3.05) is 11.9 Å². The van der Waals surface area contributed by atoms with Crippen LogP contribution in [0.5, 0.6) is 0 Å². The minimum Gasteiger partial charge on any atom is -0.394 e. The number of carbonyl (C=O) groups excluding carboxylic acids is 2. The SMILES string of the molecule is C=CC(=O)Nc1ccc(C(=O)NC2(CO)CCCC2(C)C)cc1. The van der Waals surface area contributed by atoms with Crippen molar-refractivity contribution in [3.8, 4) is 0 Å². The number of nitrogens with one attached hydrogen (secondary N) is 2. The number of carbonyl (C=O) groups is 2. The predicted molar refractivity (Wildman–Crippen MR) is 90.2 cm³/mol. The summed E-state index contributed by atoms with van der Waals surface area (Å²) in [5.74, 6) is -0.509. The smallest absolute Gasteiger partial charge is 0.251 e. The summed E-state index contributed by atoms with van der Waals surface area (Å²) >= 11 is 0. The fourth-order valence-electron chi connectivity index (χ4n) is 3.16. The number of aliphatic hydroxyl groups excluding tert-OH is 1. The molecular formula is C18H24N2O3. The Kier molecular flexibility index (Phi) is 4.90. The van der Waals surface area contributed by atoms with Gasteiger partial charge in [-0.25, -0.2) is 0 Å². The van der Waals surface area contributed by atoms with E-state index in [0.29, 0.717) is 11.3 Å². The Morgan fingerprint density at radius 2 is 1.91 bits per heavy atom. The number of rotatable bonds is 5. The van der Waals surface area contributed by atoms with Crippen LogP contribution in [0.4, 0.5) is 5.69 Å². The van der Waals surface area contributed by atoms with E-state index in [2.05, 4.69) is 31.1 Å². The molecule has 124 valence electrons. The molecule has 0 spiro atoms. The fraction of sp³-hybridized carbons (Fsp3) is 0.444. The highest BCUT2D eigenvalue weighted by atomic mass is 16.3. The lowest BCUT2D eigenvalue weighted by Gasteiger charge is -2.41. The molecule has 3 N–H and O–H groups in total. The molecule has 0 saturated heterocycles. The molecular weight excluding hydrogens is 292 g/mol. The van der Waals surface area contributed by atoms with E-state index in [1.165, 1.54) is 6.08 Å². The second-order valence-corrected chi connectivity index (χ2v) is 6.70. The molecule has 2 amide bonds. The van der Waals surface area contributed by atoms with Gasteiger partial charge in [-0.3, -0.25) is 9.59 Å². The molecule has 1 aliphatic carbocycles. The third-order valence-electron chi connectivity index (χ3n) is 4.92. The highest BCUT2D eigenvalue weighted by Gasteiger charge is 2.49. The summed E-state index contributed by atoms with van der Waals surface area (Å²) in [5, 5.41) is 15.5. The van der Waals surface area contributed by atoms with Gasteiger partial charge in [-0.15, -0.1) is 0 Å². The number of hydrogen-bond donors (Lipinski definition) is 3. The van der Waals surface area contributed by atoms with Crippen molar-refractivity contribution in [3.63, 3.8) is 0 Å². The first-order valence-electron chi connectivity index (χ1n) is 7.80. The Hall–Kier alpha value is -2.14. The Labute approximate surface area is 136 Å². The van der Waals surface area contributed by atoms with Crippen LogP contribution in [0.2, 0.25) is 0 Å². The van der Waals surface area contributed by atoms with Crippen molar-refractivity contribution < 1.29 is 14.7 Å². The minimum atomic E-state index is -0.584. The largest absolute Gasteiger partial charge is 0.394 e. The van der Waals surface area contributed by atoms with Gasteiger partial charge in [0.2, 0.25) is 5.91 Å². The molecule has 0 radical (unpaired) electrons. The van der Waals surface area contributed by atoms with Crippen LogP contribution in [0.1, 0.15) is 43.5 Å². The number of aliphatic hydroxyl groups is 1. The van der Waals surface area contributed by atoms with Gasteiger partial charge in [0.05, 0.1) is 12.1 Å². The average molecular weight is 316 g/mol. The zero-order chi connectivity index (χ0) is 17.1. The first kappa shape index (κ1) is 17.2. The zero-order valence-corrected chi connectivity index (χ0v) is 13.7. The Morgan fingerprint density at radius 3 is 2.39 bits per heavy atom. The minimum absolute atomic E-state index is 0.0702.